The Kier molecular flexibility index (Phi) is 1.87. The number of hydrogen-bond acceptors (Lipinski definition) is 2. The Morgan fingerprint density at radius 2 is 2.15 bits per heavy atom. The minimum atomic E-state index is -0.873. The van der Waals surface area contributed by atoms with Gasteiger partial charge in [0.25, 0.3) is 0 Å². The molecule has 0 amide bonds. The van der Waals surface area contributed by atoms with Crippen LogP contribution in [0.2, 0.25) is 0 Å². The van der Waals surface area contributed by atoms with E-state index in [-0.39, 0.29) is 0 Å². The maximum Gasteiger partial charge on any atom is 0.141 e. The van der Waals surface area contributed by atoms with Crippen LogP contribution in [0.4, 0.5) is 4.39 Å². The van der Waals surface area contributed by atoms with Gasteiger partial charge in [0.1, 0.15) is 6.17 Å². The zero-order valence-corrected chi connectivity index (χ0v) is 8.21. The highest BCUT2D eigenvalue weighted by Gasteiger charge is 2.28. The van der Waals surface area contributed by atoms with Crippen molar-refractivity contribution in [3.05, 3.63) is 17.0 Å². The van der Waals surface area contributed by atoms with E-state index in [0.717, 1.165) is 23.5 Å². The van der Waals surface area contributed by atoms with Crippen LogP contribution >= 0.6 is 0 Å². The molecule has 1 aromatic rings. The van der Waals surface area contributed by atoms with Gasteiger partial charge in [-0.3, -0.25) is 9.58 Å². The molecule has 0 N–H and O–H groups in total. The van der Waals surface area contributed by atoms with E-state index in [0.29, 0.717) is 6.54 Å². The summed E-state index contributed by atoms with van der Waals surface area (Å²) in [6.07, 6.45) is -0.873. The number of alkyl halides is 1. The zero-order chi connectivity index (χ0) is 9.59. The first-order chi connectivity index (χ1) is 6.09. The van der Waals surface area contributed by atoms with Gasteiger partial charge in [0.2, 0.25) is 0 Å². The first-order valence-corrected chi connectivity index (χ1v) is 4.44. The van der Waals surface area contributed by atoms with E-state index in [2.05, 4.69) is 5.10 Å². The van der Waals surface area contributed by atoms with Crippen LogP contribution < -0.4 is 0 Å². The van der Waals surface area contributed by atoms with Gasteiger partial charge < -0.3 is 0 Å². The van der Waals surface area contributed by atoms with E-state index in [1.807, 2.05) is 25.9 Å². The van der Waals surface area contributed by atoms with Crippen LogP contribution in [-0.4, -0.2) is 28.3 Å². The van der Waals surface area contributed by atoms with Crippen molar-refractivity contribution in [1.29, 1.82) is 0 Å². The lowest BCUT2D eigenvalue weighted by Crippen LogP contribution is -2.28. The van der Waals surface area contributed by atoms with Crippen molar-refractivity contribution in [1.82, 2.24) is 14.7 Å². The normalized spacial score (nSPS) is 23.2. The molecule has 0 bridgehead atoms. The molecule has 0 fully saturated rings. The Bertz CT molecular complexity index is 332. The maximum atomic E-state index is 13.6. The molecule has 1 aromatic heterocycles. The Labute approximate surface area is 77.1 Å². The second-order valence-corrected chi connectivity index (χ2v) is 3.73. The molecule has 0 spiro atoms. The van der Waals surface area contributed by atoms with Gasteiger partial charge in [0.05, 0.1) is 5.69 Å². The quantitative estimate of drug-likeness (QED) is 0.602. The van der Waals surface area contributed by atoms with Crippen LogP contribution in [0.3, 0.4) is 0 Å². The van der Waals surface area contributed by atoms with E-state index >= 15 is 0 Å². The number of likely N-dealkylation sites (N-methyl/N-ethyl adjacent to an activating group) is 1. The van der Waals surface area contributed by atoms with Crippen LogP contribution in [0.15, 0.2) is 0 Å². The van der Waals surface area contributed by atoms with E-state index in [9.17, 15) is 4.39 Å². The van der Waals surface area contributed by atoms with Gasteiger partial charge >= 0.3 is 0 Å². The summed E-state index contributed by atoms with van der Waals surface area (Å²) in [7, 11) is 3.78. The van der Waals surface area contributed by atoms with Crippen LogP contribution in [0, 0.1) is 6.92 Å². The van der Waals surface area contributed by atoms with Crippen LogP contribution in [-0.2, 0) is 13.6 Å². The number of nitrogens with zero attached hydrogens (tertiary/aromatic N) is 3. The number of halogens is 1. The van der Waals surface area contributed by atoms with E-state index in [1.54, 1.807) is 4.68 Å². The standard InChI is InChI=1S/C9H14FN3/c1-6-9-7(10)4-12(2)5-8(9)11-13(6)3/h7H,4-5H2,1-3H3. The molecular formula is C9H14FN3. The Morgan fingerprint density at radius 3 is 2.85 bits per heavy atom. The molecule has 0 saturated heterocycles. The third-order valence-electron chi connectivity index (χ3n) is 2.66. The lowest BCUT2D eigenvalue weighted by molar-refractivity contribution is 0.193. The number of aryl methyl sites for hydroxylation is 1. The summed E-state index contributed by atoms with van der Waals surface area (Å²) < 4.78 is 15.4. The molecule has 0 saturated carbocycles. The number of fused-ring (bicyclic) bond motifs is 1. The third kappa shape index (κ3) is 1.25. The Balaban J connectivity index is 2.49. The first kappa shape index (κ1) is 8.69. The van der Waals surface area contributed by atoms with Crippen molar-refractivity contribution in [2.75, 3.05) is 13.6 Å². The fraction of sp³-hybridized carbons (Fsp3) is 0.667. The highest BCUT2D eigenvalue weighted by molar-refractivity contribution is 5.30. The highest BCUT2D eigenvalue weighted by Crippen LogP contribution is 2.30. The molecule has 0 radical (unpaired) electrons. The summed E-state index contributed by atoms with van der Waals surface area (Å²) >= 11 is 0. The van der Waals surface area contributed by atoms with Gasteiger partial charge in [0, 0.05) is 31.4 Å². The molecule has 3 nitrogen and oxygen atoms in total. The van der Waals surface area contributed by atoms with Gasteiger partial charge in [-0.25, -0.2) is 4.39 Å². The predicted octanol–water partition coefficient (Wildman–Crippen LogP) is 1.18. The van der Waals surface area contributed by atoms with Crippen molar-refractivity contribution in [2.45, 2.75) is 19.6 Å². The molecule has 1 atom stereocenters. The number of rotatable bonds is 0. The van der Waals surface area contributed by atoms with Gasteiger partial charge in [-0.1, -0.05) is 0 Å². The SMILES string of the molecule is Cc1c2c(nn1C)CN(C)CC2F. The molecule has 0 aliphatic carbocycles. The first-order valence-electron chi connectivity index (χ1n) is 4.44. The molecule has 4 heteroatoms. The largest absolute Gasteiger partial charge is 0.297 e. The molecule has 13 heavy (non-hydrogen) atoms. The topological polar surface area (TPSA) is 21.1 Å². The summed E-state index contributed by atoms with van der Waals surface area (Å²) in [4.78, 5) is 1.96. The smallest absolute Gasteiger partial charge is 0.141 e. The monoisotopic (exact) mass is 183 g/mol. The van der Waals surface area contributed by atoms with Gasteiger partial charge in [-0.05, 0) is 14.0 Å². The van der Waals surface area contributed by atoms with Crippen LogP contribution in [0.25, 0.3) is 0 Å². The molecule has 72 valence electrons. The van der Waals surface area contributed by atoms with Gasteiger partial charge in [0.15, 0.2) is 0 Å². The molecular weight excluding hydrogens is 169 g/mol. The molecule has 1 unspecified atom stereocenters. The van der Waals surface area contributed by atoms with Gasteiger partial charge in [-0.15, -0.1) is 0 Å². The summed E-state index contributed by atoms with van der Waals surface area (Å²) in [5, 5.41) is 4.29. The van der Waals surface area contributed by atoms with Crippen LogP contribution in [0.1, 0.15) is 23.1 Å². The lowest BCUT2D eigenvalue weighted by atomic mass is 10.0. The van der Waals surface area contributed by atoms with Crippen molar-refractivity contribution in [3.8, 4) is 0 Å². The highest BCUT2D eigenvalue weighted by atomic mass is 19.1. The van der Waals surface area contributed by atoms with Gasteiger partial charge in [-0.2, -0.15) is 5.10 Å². The lowest BCUT2D eigenvalue weighted by Gasteiger charge is -2.24. The zero-order valence-electron chi connectivity index (χ0n) is 8.21. The van der Waals surface area contributed by atoms with E-state index in [1.165, 1.54) is 0 Å². The van der Waals surface area contributed by atoms with Crippen molar-refractivity contribution < 1.29 is 4.39 Å². The molecule has 1 aliphatic rings. The van der Waals surface area contributed by atoms with Crippen molar-refractivity contribution >= 4 is 0 Å². The molecule has 0 aromatic carbocycles. The molecule has 1 aliphatic heterocycles. The fourth-order valence-electron chi connectivity index (χ4n) is 1.90. The van der Waals surface area contributed by atoms with E-state index < -0.39 is 6.17 Å². The number of hydrogen-bond donors (Lipinski definition) is 0. The minimum absolute atomic E-state index is 0.486. The van der Waals surface area contributed by atoms with Crippen molar-refractivity contribution in [3.63, 3.8) is 0 Å². The van der Waals surface area contributed by atoms with E-state index in [4.69, 9.17) is 0 Å². The fourth-order valence-corrected chi connectivity index (χ4v) is 1.90. The summed E-state index contributed by atoms with van der Waals surface area (Å²) in [5.74, 6) is 0. The second kappa shape index (κ2) is 2.80. The average Bonchev–Trinajstić information content (AvgIpc) is 2.27. The average molecular weight is 183 g/mol. The predicted molar refractivity (Wildman–Crippen MR) is 48.1 cm³/mol. The van der Waals surface area contributed by atoms with Crippen molar-refractivity contribution in [2.24, 2.45) is 7.05 Å². The number of aromatic nitrogens is 2. The van der Waals surface area contributed by atoms with Crippen LogP contribution in [0.5, 0.6) is 0 Å². The Hall–Kier alpha value is -0.900. The minimum Gasteiger partial charge on any atom is -0.297 e. The summed E-state index contributed by atoms with van der Waals surface area (Å²) in [6.45, 7) is 3.17. The Morgan fingerprint density at radius 1 is 1.46 bits per heavy atom. The second-order valence-electron chi connectivity index (χ2n) is 3.73. The molecule has 2 rings (SSSR count). The summed E-state index contributed by atoms with van der Waals surface area (Å²) in [5.41, 5.74) is 2.65. The third-order valence-corrected chi connectivity index (χ3v) is 2.66. The summed E-state index contributed by atoms with van der Waals surface area (Å²) in [6, 6.07) is 0. The molecule has 2 heterocycles. The maximum absolute atomic E-state index is 13.6.